The lowest BCUT2D eigenvalue weighted by Crippen LogP contribution is -2.52. The summed E-state index contributed by atoms with van der Waals surface area (Å²) in [4.78, 5) is 17.4. The summed E-state index contributed by atoms with van der Waals surface area (Å²) in [6.45, 7) is 4.79. The zero-order valence-electron chi connectivity index (χ0n) is 10.3. The maximum absolute atomic E-state index is 12.3. The van der Waals surface area contributed by atoms with Crippen LogP contribution in [0.15, 0.2) is 29.2 Å². The number of likely N-dealkylation sites (N-methyl/N-ethyl adjacent to an activating group) is 1. The molecule has 1 unspecified atom stereocenters. The third kappa shape index (κ3) is 2.82. The molecule has 1 aliphatic rings. The predicted molar refractivity (Wildman–Crippen MR) is 71.7 cm³/mol. The topological polar surface area (TPSA) is 23.6 Å². The number of thiol groups is 1. The van der Waals surface area contributed by atoms with Crippen LogP contribution in [0, 0.1) is 0 Å². The van der Waals surface area contributed by atoms with Crippen LogP contribution in [0.1, 0.15) is 17.3 Å². The van der Waals surface area contributed by atoms with Gasteiger partial charge in [0.2, 0.25) is 0 Å². The third-order valence-corrected chi connectivity index (χ3v) is 3.50. The van der Waals surface area contributed by atoms with Crippen LogP contribution < -0.4 is 0 Å². The van der Waals surface area contributed by atoms with Gasteiger partial charge in [0, 0.05) is 36.1 Å². The summed E-state index contributed by atoms with van der Waals surface area (Å²) in [6.07, 6.45) is 0. The predicted octanol–water partition coefficient (Wildman–Crippen LogP) is 1.75. The molecule has 2 rings (SSSR count). The van der Waals surface area contributed by atoms with Crippen LogP contribution in [0.3, 0.4) is 0 Å². The van der Waals surface area contributed by atoms with E-state index in [1.807, 2.05) is 29.2 Å². The van der Waals surface area contributed by atoms with E-state index in [2.05, 4.69) is 31.5 Å². The minimum Gasteiger partial charge on any atom is -0.333 e. The SMILES string of the molecule is CC1CN(C)CCN1C(=O)c1ccc(S)cc1. The van der Waals surface area contributed by atoms with Crippen molar-refractivity contribution in [1.29, 1.82) is 0 Å². The van der Waals surface area contributed by atoms with E-state index in [1.54, 1.807) is 0 Å². The standard InChI is InChI=1S/C13H18N2OS/c1-10-9-14(2)7-8-15(10)13(16)11-3-5-12(17)6-4-11/h3-6,10,17H,7-9H2,1-2H3. The molecule has 1 aromatic carbocycles. The van der Waals surface area contributed by atoms with Crippen molar-refractivity contribution in [3.8, 4) is 0 Å². The first-order valence-electron chi connectivity index (χ1n) is 5.86. The van der Waals surface area contributed by atoms with Gasteiger partial charge in [-0.2, -0.15) is 0 Å². The van der Waals surface area contributed by atoms with Crippen LogP contribution >= 0.6 is 12.6 Å². The zero-order chi connectivity index (χ0) is 12.4. The molecular weight excluding hydrogens is 232 g/mol. The largest absolute Gasteiger partial charge is 0.333 e. The Morgan fingerprint density at radius 2 is 1.94 bits per heavy atom. The van der Waals surface area contributed by atoms with Crippen molar-refractivity contribution in [2.24, 2.45) is 0 Å². The van der Waals surface area contributed by atoms with Crippen LogP contribution in [0.2, 0.25) is 0 Å². The summed E-state index contributed by atoms with van der Waals surface area (Å²) in [6, 6.07) is 7.68. The van der Waals surface area contributed by atoms with E-state index in [0.29, 0.717) is 0 Å². The number of carbonyl (C=O) groups is 1. The molecule has 0 aliphatic carbocycles. The van der Waals surface area contributed by atoms with Gasteiger partial charge in [-0.3, -0.25) is 4.79 Å². The Labute approximate surface area is 108 Å². The van der Waals surface area contributed by atoms with Crippen LogP contribution in [0.5, 0.6) is 0 Å². The second-order valence-electron chi connectivity index (χ2n) is 4.66. The van der Waals surface area contributed by atoms with Gasteiger partial charge in [0.15, 0.2) is 0 Å². The van der Waals surface area contributed by atoms with Crippen molar-refractivity contribution in [2.75, 3.05) is 26.7 Å². The highest BCUT2D eigenvalue weighted by Gasteiger charge is 2.26. The monoisotopic (exact) mass is 250 g/mol. The average Bonchev–Trinajstić information content (AvgIpc) is 2.29. The van der Waals surface area contributed by atoms with Gasteiger partial charge in [-0.05, 0) is 38.2 Å². The minimum absolute atomic E-state index is 0.124. The number of amides is 1. The van der Waals surface area contributed by atoms with E-state index in [0.717, 1.165) is 30.1 Å². The molecule has 3 nitrogen and oxygen atoms in total. The maximum atomic E-state index is 12.3. The number of carbonyl (C=O) groups excluding carboxylic acids is 1. The van der Waals surface area contributed by atoms with E-state index in [9.17, 15) is 4.79 Å². The average molecular weight is 250 g/mol. The van der Waals surface area contributed by atoms with Crippen molar-refractivity contribution in [3.63, 3.8) is 0 Å². The molecule has 17 heavy (non-hydrogen) atoms. The molecule has 0 N–H and O–H groups in total. The number of nitrogens with zero attached hydrogens (tertiary/aromatic N) is 2. The van der Waals surface area contributed by atoms with Crippen molar-refractivity contribution in [3.05, 3.63) is 29.8 Å². The fourth-order valence-corrected chi connectivity index (χ4v) is 2.36. The van der Waals surface area contributed by atoms with E-state index in [4.69, 9.17) is 0 Å². The molecule has 4 heteroatoms. The quantitative estimate of drug-likeness (QED) is 0.768. The van der Waals surface area contributed by atoms with E-state index >= 15 is 0 Å². The first-order valence-corrected chi connectivity index (χ1v) is 6.31. The Bertz CT molecular complexity index is 404. The molecule has 1 atom stereocenters. The molecule has 1 aliphatic heterocycles. The number of benzene rings is 1. The second kappa shape index (κ2) is 5.10. The van der Waals surface area contributed by atoms with Crippen LogP contribution in [-0.4, -0.2) is 48.4 Å². The summed E-state index contributed by atoms with van der Waals surface area (Å²) in [5.74, 6) is 0.124. The Morgan fingerprint density at radius 3 is 2.53 bits per heavy atom. The molecule has 92 valence electrons. The molecule has 0 saturated carbocycles. The smallest absolute Gasteiger partial charge is 0.254 e. The Kier molecular flexibility index (Phi) is 3.74. The molecule has 0 bridgehead atoms. The molecule has 1 amide bonds. The first kappa shape index (κ1) is 12.5. The van der Waals surface area contributed by atoms with Gasteiger partial charge >= 0.3 is 0 Å². The first-order chi connectivity index (χ1) is 8.08. The van der Waals surface area contributed by atoms with E-state index in [-0.39, 0.29) is 11.9 Å². The minimum atomic E-state index is 0.124. The van der Waals surface area contributed by atoms with Gasteiger partial charge < -0.3 is 9.80 Å². The van der Waals surface area contributed by atoms with Crippen LogP contribution in [-0.2, 0) is 0 Å². The molecular formula is C13H18N2OS. The normalized spacial score (nSPS) is 21.6. The molecule has 1 fully saturated rings. The number of piperazine rings is 1. The molecule has 0 radical (unpaired) electrons. The summed E-state index contributed by atoms with van der Waals surface area (Å²) in [5, 5.41) is 0. The van der Waals surface area contributed by atoms with Crippen molar-refractivity contribution >= 4 is 18.5 Å². The van der Waals surface area contributed by atoms with Gasteiger partial charge in [0.25, 0.3) is 5.91 Å². The molecule has 1 saturated heterocycles. The van der Waals surface area contributed by atoms with Crippen molar-refractivity contribution in [2.45, 2.75) is 17.9 Å². The van der Waals surface area contributed by atoms with E-state index < -0.39 is 0 Å². The lowest BCUT2D eigenvalue weighted by molar-refractivity contribution is 0.0533. The lowest BCUT2D eigenvalue weighted by Gasteiger charge is -2.38. The number of rotatable bonds is 1. The molecule has 0 aromatic heterocycles. The van der Waals surface area contributed by atoms with E-state index in [1.165, 1.54) is 0 Å². The van der Waals surface area contributed by atoms with Crippen LogP contribution in [0.4, 0.5) is 0 Å². The van der Waals surface area contributed by atoms with Gasteiger partial charge in [0.05, 0.1) is 0 Å². The second-order valence-corrected chi connectivity index (χ2v) is 5.17. The summed E-state index contributed by atoms with van der Waals surface area (Å²) >= 11 is 4.23. The van der Waals surface area contributed by atoms with Gasteiger partial charge in [-0.25, -0.2) is 0 Å². The fourth-order valence-electron chi connectivity index (χ4n) is 2.21. The maximum Gasteiger partial charge on any atom is 0.254 e. The Hall–Kier alpha value is -1.00. The Morgan fingerprint density at radius 1 is 1.29 bits per heavy atom. The van der Waals surface area contributed by atoms with Gasteiger partial charge in [-0.1, -0.05) is 0 Å². The highest BCUT2D eigenvalue weighted by atomic mass is 32.1. The Balaban J connectivity index is 2.12. The summed E-state index contributed by atoms with van der Waals surface area (Å²) < 4.78 is 0. The zero-order valence-corrected chi connectivity index (χ0v) is 11.2. The number of hydrogen-bond acceptors (Lipinski definition) is 3. The fraction of sp³-hybridized carbons (Fsp3) is 0.462. The highest BCUT2D eigenvalue weighted by Crippen LogP contribution is 2.14. The van der Waals surface area contributed by atoms with Gasteiger partial charge in [0.1, 0.15) is 0 Å². The van der Waals surface area contributed by atoms with Crippen LogP contribution in [0.25, 0.3) is 0 Å². The third-order valence-electron chi connectivity index (χ3n) is 3.21. The van der Waals surface area contributed by atoms with Crippen molar-refractivity contribution in [1.82, 2.24) is 9.80 Å². The lowest BCUT2D eigenvalue weighted by atomic mass is 10.1. The summed E-state index contributed by atoms with van der Waals surface area (Å²) in [7, 11) is 2.09. The molecule has 1 heterocycles. The molecule has 0 spiro atoms. The molecule has 1 aromatic rings. The summed E-state index contributed by atoms with van der Waals surface area (Å²) in [5.41, 5.74) is 0.749. The van der Waals surface area contributed by atoms with Gasteiger partial charge in [-0.15, -0.1) is 12.6 Å². The number of hydrogen-bond donors (Lipinski definition) is 1. The van der Waals surface area contributed by atoms with Crippen molar-refractivity contribution < 1.29 is 4.79 Å². The highest BCUT2D eigenvalue weighted by molar-refractivity contribution is 7.80.